The van der Waals surface area contributed by atoms with Gasteiger partial charge in [-0.05, 0) is 23.8 Å². The number of hydrogen-bond acceptors (Lipinski definition) is 3. The molecule has 3 unspecified atom stereocenters. The van der Waals surface area contributed by atoms with E-state index in [9.17, 15) is 9.59 Å². The molecule has 0 radical (unpaired) electrons. The van der Waals surface area contributed by atoms with Crippen LogP contribution >= 0.6 is 0 Å². The maximum atomic E-state index is 13.0. The van der Waals surface area contributed by atoms with Crippen molar-refractivity contribution in [2.75, 3.05) is 0 Å². The normalized spacial score (nSPS) is 19.2. The predicted molar refractivity (Wildman–Crippen MR) is 127 cm³/mol. The van der Waals surface area contributed by atoms with E-state index in [4.69, 9.17) is 0 Å². The molecule has 1 aromatic heterocycles. The molecule has 3 aromatic carbocycles. The van der Waals surface area contributed by atoms with Crippen molar-refractivity contribution >= 4 is 11.6 Å². The van der Waals surface area contributed by atoms with Crippen molar-refractivity contribution in [2.24, 2.45) is 0 Å². The molecule has 4 heteroatoms. The van der Waals surface area contributed by atoms with Gasteiger partial charge >= 0.3 is 0 Å². The molecule has 3 heterocycles. The zero-order valence-corrected chi connectivity index (χ0v) is 17.9. The maximum Gasteiger partial charge on any atom is 0.209 e. The first-order valence-electron chi connectivity index (χ1n) is 11.2. The molecule has 4 aromatic rings. The van der Waals surface area contributed by atoms with Crippen LogP contribution in [-0.2, 0) is 0 Å². The van der Waals surface area contributed by atoms with Gasteiger partial charge in [-0.15, -0.1) is 0 Å². The van der Waals surface area contributed by atoms with E-state index in [0.29, 0.717) is 16.8 Å². The molecule has 6 rings (SSSR count). The minimum Gasteiger partial charge on any atom is -0.355 e. The fraction of sp³-hybridized carbons (Fsp3) is 0.103. The number of nitrogens with zero attached hydrogens (tertiary/aromatic N) is 1. The molecule has 33 heavy (non-hydrogen) atoms. The smallest absolute Gasteiger partial charge is 0.209 e. The van der Waals surface area contributed by atoms with E-state index in [2.05, 4.69) is 28.1 Å². The van der Waals surface area contributed by atoms with E-state index in [1.165, 1.54) is 0 Å². The van der Waals surface area contributed by atoms with E-state index in [0.717, 1.165) is 17.0 Å². The average molecular weight is 431 g/mol. The third-order valence-electron chi connectivity index (χ3n) is 6.60. The molecule has 3 atom stereocenters. The third kappa shape index (κ3) is 3.31. The summed E-state index contributed by atoms with van der Waals surface area (Å²) in [6, 6.07) is 33.3. The zero-order valence-electron chi connectivity index (χ0n) is 17.9. The number of hydrogen-bond donors (Lipinski definition) is 1. The van der Waals surface area contributed by atoms with E-state index >= 15 is 0 Å². The molecule has 1 saturated heterocycles. The topological polar surface area (TPSA) is 52.9 Å². The van der Waals surface area contributed by atoms with Crippen LogP contribution in [0.4, 0.5) is 0 Å². The number of benzene rings is 3. The van der Waals surface area contributed by atoms with Crippen molar-refractivity contribution in [1.29, 1.82) is 0 Å². The summed E-state index contributed by atoms with van der Waals surface area (Å²) < 4.78 is 0. The highest BCUT2D eigenvalue weighted by atomic mass is 16.1. The van der Waals surface area contributed by atoms with Gasteiger partial charge in [-0.25, -0.2) is 0 Å². The van der Waals surface area contributed by atoms with Crippen LogP contribution in [0, 0.1) is 0 Å². The Morgan fingerprint density at radius 3 is 1.91 bits per heavy atom. The minimum absolute atomic E-state index is 0.0224. The summed E-state index contributed by atoms with van der Waals surface area (Å²) in [5.74, 6) is 0.0734. The lowest BCUT2D eigenvalue weighted by atomic mass is 9.91. The summed E-state index contributed by atoms with van der Waals surface area (Å²) in [5, 5.41) is 0. The van der Waals surface area contributed by atoms with Crippen molar-refractivity contribution < 1.29 is 9.59 Å². The second-order valence-electron chi connectivity index (χ2n) is 8.55. The van der Waals surface area contributed by atoms with Gasteiger partial charge in [-0.1, -0.05) is 91.0 Å². The van der Waals surface area contributed by atoms with Gasteiger partial charge in [0.1, 0.15) is 0 Å². The van der Waals surface area contributed by atoms with Crippen LogP contribution in [0.15, 0.2) is 115 Å². The monoisotopic (exact) mass is 430 g/mol. The van der Waals surface area contributed by atoms with Crippen LogP contribution in [-0.4, -0.2) is 33.5 Å². The number of Topliss-reactive ketones (excluding diaryl/α,β-unsaturated/α-hetero) is 1. The van der Waals surface area contributed by atoms with Crippen molar-refractivity contribution in [3.05, 3.63) is 143 Å². The molecule has 0 spiro atoms. The Bertz CT molecular complexity index is 1360. The summed E-state index contributed by atoms with van der Waals surface area (Å²) in [7, 11) is 0. The van der Waals surface area contributed by atoms with Crippen LogP contribution in [0.2, 0.25) is 0 Å². The number of aromatic amines is 1. The number of carbonyl (C=O) groups is 2. The standard InChI is InChI=1S/C29H22N2O2/c32-28(20-12-6-2-7-13-20)23-17-16-22(30-23)26(19-10-4-1-5-11-19)27-24-18-25(31(24)27)29(33)21-14-8-3-9-15-21/h1-18,24,26-27,30H. The van der Waals surface area contributed by atoms with Gasteiger partial charge in [-0.3, -0.25) is 9.59 Å². The number of rotatable bonds is 7. The van der Waals surface area contributed by atoms with Crippen LogP contribution < -0.4 is 0 Å². The van der Waals surface area contributed by atoms with Gasteiger partial charge in [-0.2, -0.15) is 0 Å². The quantitative estimate of drug-likeness (QED) is 0.323. The van der Waals surface area contributed by atoms with Crippen LogP contribution in [0.3, 0.4) is 0 Å². The van der Waals surface area contributed by atoms with Crippen LogP contribution in [0.1, 0.15) is 43.6 Å². The Kier molecular flexibility index (Phi) is 4.58. The van der Waals surface area contributed by atoms with Gasteiger partial charge in [0.15, 0.2) is 0 Å². The fourth-order valence-corrected chi connectivity index (χ4v) is 4.91. The van der Waals surface area contributed by atoms with Gasteiger partial charge in [0, 0.05) is 22.7 Å². The van der Waals surface area contributed by atoms with Crippen LogP contribution in [0.25, 0.3) is 0 Å². The van der Waals surface area contributed by atoms with E-state index in [1.807, 2.05) is 91.0 Å². The van der Waals surface area contributed by atoms with Gasteiger partial charge < -0.3 is 9.88 Å². The molecular formula is C29H22N2O2. The molecule has 0 aliphatic carbocycles. The summed E-state index contributed by atoms with van der Waals surface area (Å²) in [5.41, 5.74) is 4.87. The molecule has 1 fully saturated rings. The number of carbonyl (C=O) groups excluding carboxylic acids is 2. The van der Waals surface area contributed by atoms with E-state index in [-0.39, 0.29) is 29.6 Å². The first kappa shape index (κ1) is 19.5. The first-order chi connectivity index (χ1) is 16.2. The van der Waals surface area contributed by atoms with Crippen molar-refractivity contribution in [3.8, 4) is 0 Å². The Labute approximate surface area is 192 Å². The highest BCUT2D eigenvalue weighted by molar-refractivity contribution is 6.10. The lowest BCUT2D eigenvalue weighted by Gasteiger charge is -2.19. The largest absolute Gasteiger partial charge is 0.355 e. The van der Waals surface area contributed by atoms with Gasteiger partial charge in [0.05, 0.1) is 23.5 Å². The second-order valence-corrected chi connectivity index (χ2v) is 8.55. The van der Waals surface area contributed by atoms with Crippen LogP contribution in [0.5, 0.6) is 0 Å². The summed E-state index contributed by atoms with van der Waals surface area (Å²) in [6.07, 6.45) is 2.08. The number of H-pyrrole nitrogens is 1. The highest BCUT2D eigenvalue weighted by Crippen LogP contribution is 2.52. The Hall–Kier alpha value is -4.18. The maximum absolute atomic E-state index is 13.0. The average Bonchev–Trinajstić information content (AvgIpc) is 3.18. The first-order valence-corrected chi connectivity index (χ1v) is 11.2. The highest BCUT2D eigenvalue weighted by Gasteiger charge is 2.60. The van der Waals surface area contributed by atoms with Gasteiger partial charge in [0.25, 0.3) is 0 Å². The number of ketones is 2. The molecule has 4 nitrogen and oxygen atoms in total. The molecule has 160 valence electrons. The summed E-state index contributed by atoms with van der Waals surface area (Å²) in [4.78, 5) is 31.5. The second kappa shape index (κ2) is 7.75. The lowest BCUT2D eigenvalue weighted by molar-refractivity contribution is 0.100. The molecule has 1 N–H and O–H groups in total. The Balaban J connectivity index is 1.29. The SMILES string of the molecule is O=C(C1=CC2C(C(c3ccccc3)c3ccc(C(=O)c4ccccc4)[nH]3)N12)c1ccccc1. The van der Waals surface area contributed by atoms with Crippen molar-refractivity contribution in [1.82, 2.24) is 9.88 Å². The minimum atomic E-state index is -0.0224. The molecule has 0 bridgehead atoms. The molecule has 2 aliphatic rings. The van der Waals surface area contributed by atoms with E-state index in [1.54, 1.807) is 0 Å². The number of aromatic nitrogens is 1. The number of allylic oxidation sites excluding steroid dienone is 1. The summed E-state index contributed by atoms with van der Waals surface area (Å²) in [6.45, 7) is 0. The molecular weight excluding hydrogens is 408 g/mol. The molecule has 0 amide bonds. The van der Waals surface area contributed by atoms with Crippen molar-refractivity contribution in [2.45, 2.75) is 18.0 Å². The fourth-order valence-electron chi connectivity index (χ4n) is 4.91. The van der Waals surface area contributed by atoms with E-state index < -0.39 is 0 Å². The zero-order chi connectivity index (χ0) is 22.4. The number of fused-ring (bicyclic) bond motifs is 1. The van der Waals surface area contributed by atoms with Crippen molar-refractivity contribution in [3.63, 3.8) is 0 Å². The number of nitrogens with one attached hydrogen (secondary N) is 1. The Morgan fingerprint density at radius 1 is 0.697 bits per heavy atom. The molecule has 0 saturated carbocycles. The lowest BCUT2D eigenvalue weighted by Crippen LogP contribution is -2.21. The third-order valence-corrected chi connectivity index (χ3v) is 6.60. The van der Waals surface area contributed by atoms with Gasteiger partial charge in [0.2, 0.25) is 11.6 Å². The molecule has 2 aliphatic heterocycles. The summed E-state index contributed by atoms with van der Waals surface area (Å²) >= 11 is 0. The Morgan fingerprint density at radius 2 is 1.27 bits per heavy atom. The predicted octanol–water partition coefficient (Wildman–Crippen LogP) is 5.21.